The second-order valence-electron chi connectivity index (χ2n) is 6.05. The summed E-state index contributed by atoms with van der Waals surface area (Å²) in [5.41, 5.74) is 4.45. The maximum absolute atomic E-state index is 12.8. The first-order chi connectivity index (χ1) is 12.9. The van der Waals surface area contributed by atoms with E-state index in [1.807, 2.05) is 0 Å². The average molecular weight is 389 g/mol. The molecule has 0 bridgehead atoms. The van der Waals surface area contributed by atoms with Crippen molar-refractivity contribution in [3.63, 3.8) is 0 Å². The van der Waals surface area contributed by atoms with Crippen LogP contribution in [0.4, 0.5) is 0 Å². The third-order valence-electron chi connectivity index (χ3n) is 4.30. The third-order valence-corrected chi connectivity index (χ3v) is 6.23. The average Bonchev–Trinajstić information content (AvgIpc) is 3.18. The Morgan fingerprint density at radius 3 is 2.37 bits per heavy atom. The first kappa shape index (κ1) is 18.9. The number of hydrogen-bond donors (Lipinski definition) is 3. The van der Waals surface area contributed by atoms with Gasteiger partial charge >= 0.3 is 0 Å². The van der Waals surface area contributed by atoms with Gasteiger partial charge in [0, 0.05) is 6.54 Å². The number of nitrogens with zero attached hydrogens (tertiary/aromatic N) is 1. The highest BCUT2D eigenvalue weighted by Crippen LogP contribution is 2.26. The molecule has 2 aromatic rings. The van der Waals surface area contributed by atoms with Gasteiger partial charge in [-0.15, -0.1) is 0 Å². The molecule has 2 aromatic carbocycles. The third kappa shape index (κ3) is 3.93. The number of sulfonamides is 1. The fourth-order valence-corrected chi connectivity index (χ4v) is 4.63. The molecular formula is C18H19N3O5S. The maximum atomic E-state index is 12.8. The zero-order valence-electron chi connectivity index (χ0n) is 14.3. The van der Waals surface area contributed by atoms with Gasteiger partial charge in [-0.2, -0.15) is 4.31 Å². The van der Waals surface area contributed by atoms with Crippen LogP contribution in [0.25, 0.3) is 0 Å². The fourth-order valence-electron chi connectivity index (χ4n) is 2.95. The van der Waals surface area contributed by atoms with Gasteiger partial charge in [0.1, 0.15) is 11.8 Å². The quantitative estimate of drug-likeness (QED) is 0.675. The molecule has 3 rings (SSSR count). The van der Waals surface area contributed by atoms with E-state index in [4.69, 9.17) is 0 Å². The van der Waals surface area contributed by atoms with Crippen LogP contribution in [0.2, 0.25) is 0 Å². The van der Waals surface area contributed by atoms with Crippen LogP contribution in [-0.2, 0) is 14.8 Å². The van der Waals surface area contributed by atoms with Crippen LogP contribution in [0.5, 0.6) is 5.75 Å². The molecule has 1 saturated heterocycles. The summed E-state index contributed by atoms with van der Waals surface area (Å²) in [6.07, 6.45) is 0.891. The Kier molecular flexibility index (Phi) is 5.43. The van der Waals surface area contributed by atoms with E-state index in [2.05, 4.69) is 10.9 Å². The summed E-state index contributed by atoms with van der Waals surface area (Å²) in [6, 6.07) is 12.9. The number of rotatable bonds is 4. The van der Waals surface area contributed by atoms with Crippen molar-refractivity contribution in [1.29, 1.82) is 0 Å². The van der Waals surface area contributed by atoms with Crippen LogP contribution in [0, 0.1) is 0 Å². The number of phenols is 1. The molecule has 1 atom stereocenters. The number of nitrogens with one attached hydrogen (secondary N) is 2. The predicted molar refractivity (Wildman–Crippen MR) is 97.1 cm³/mol. The molecule has 0 saturated carbocycles. The van der Waals surface area contributed by atoms with Crippen molar-refractivity contribution in [2.75, 3.05) is 6.54 Å². The highest BCUT2D eigenvalue weighted by Gasteiger charge is 2.39. The zero-order chi connectivity index (χ0) is 19.4. The molecule has 2 amide bonds. The molecule has 9 heteroatoms. The summed E-state index contributed by atoms with van der Waals surface area (Å²) < 4.78 is 26.7. The van der Waals surface area contributed by atoms with E-state index in [-0.39, 0.29) is 22.8 Å². The van der Waals surface area contributed by atoms with Crippen LogP contribution in [0.3, 0.4) is 0 Å². The van der Waals surface area contributed by atoms with Gasteiger partial charge in [-0.25, -0.2) is 8.42 Å². The smallest absolute Gasteiger partial charge is 0.273 e. The number of hydrogen-bond acceptors (Lipinski definition) is 5. The standard InChI is InChI=1S/C18H19N3O5S/c22-16-11-5-4-9-14(16)17(23)19-20-18(24)15-10-6-12-21(15)27(25,26)13-7-2-1-3-8-13/h1-5,7-9,11,15,22H,6,10,12H2,(H,19,23)(H,20,24)/t15-/m1/s1. The lowest BCUT2D eigenvalue weighted by molar-refractivity contribution is -0.125. The maximum Gasteiger partial charge on any atom is 0.273 e. The number of hydrazine groups is 1. The van der Waals surface area contributed by atoms with Crippen molar-refractivity contribution in [3.05, 3.63) is 60.2 Å². The summed E-state index contributed by atoms with van der Waals surface area (Å²) in [5.74, 6) is -1.55. The minimum Gasteiger partial charge on any atom is -0.507 e. The van der Waals surface area contributed by atoms with Gasteiger partial charge in [0.2, 0.25) is 10.0 Å². The summed E-state index contributed by atoms with van der Waals surface area (Å²) in [4.78, 5) is 24.6. The molecule has 8 nitrogen and oxygen atoms in total. The number of para-hydroxylation sites is 1. The van der Waals surface area contributed by atoms with Crippen molar-refractivity contribution < 1.29 is 23.1 Å². The highest BCUT2D eigenvalue weighted by atomic mass is 32.2. The molecule has 142 valence electrons. The SMILES string of the molecule is O=C(NNC(=O)[C@H]1CCCN1S(=O)(=O)c1ccccc1)c1ccccc1O. The second-order valence-corrected chi connectivity index (χ2v) is 7.94. The number of benzene rings is 2. The summed E-state index contributed by atoms with van der Waals surface area (Å²) in [7, 11) is -3.81. The van der Waals surface area contributed by atoms with E-state index in [1.54, 1.807) is 30.3 Å². The van der Waals surface area contributed by atoms with E-state index in [0.29, 0.717) is 12.8 Å². The largest absolute Gasteiger partial charge is 0.507 e. The first-order valence-corrected chi connectivity index (χ1v) is 9.80. The Labute approximate surface area is 156 Å². The number of carbonyl (C=O) groups excluding carboxylic acids is 2. The number of aromatic hydroxyl groups is 1. The Morgan fingerprint density at radius 2 is 1.67 bits per heavy atom. The molecule has 0 spiro atoms. The lowest BCUT2D eigenvalue weighted by Gasteiger charge is -2.23. The number of phenolic OH excluding ortho intramolecular Hbond substituents is 1. The minimum atomic E-state index is -3.81. The van der Waals surface area contributed by atoms with Crippen LogP contribution < -0.4 is 10.9 Å². The molecule has 1 fully saturated rings. The summed E-state index contributed by atoms with van der Waals surface area (Å²) in [5, 5.41) is 9.67. The van der Waals surface area contributed by atoms with Crippen LogP contribution in [0.15, 0.2) is 59.5 Å². The van der Waals surface area contributed by atoms with Crippen molar-refractivity contribution >= 4 is 21.8 Å². The highest BCUT2D eigenvalue weighted by molar-refractivity contribution is 7.89. The van der Waals surface area contributed by atoms with E-state index in [9.17, 15) is 23.1 Å². The summed E-state index contributed by atoms with van der Waals surface area (Å²) >= 11 is 0. The van der Waals surface area contributed by atoms with Gasteiger partial charge in [-0.05, 0) is 37.1 Å². The van der Waals surface area contributed by atoms with Crippen LogP contribution in [0.1, 0.15) is 23.2 Å². The van der Waals surface area contributed by atoms with Gasteiger partial charge in [-0.1, -0.05) is 30.3 Å². The number of amides is 2. The first-order valence-electron chi connectivity index (χ1n) is 8.36. The molecule has 1 heterocycles. The van der Waals surface area contributed by atoms with E-state index < -0.39 is 27.9 Å². The van der Waals surface area contributed by atoms with Crippen LogP contribution >= 0.6 is 0 Å². The molecular weight excluding hydrogens is 370 g/mol. The Bertz CT molecular complexity index is 946. The molecule has 1 aliphatic heterocycles. The van der Waals surface area contributed by atoms with Gasteiger partial charge < -0.3 is 5.11 Å². The molecule has 0 aliphatic carbocycles. The van der Waals surface area contributed by atoms with E-state index in [0.717, 1.165) is 4.31 Å². The topological polar surface area (TPSA) is 116 Å². The lowest BCUT2D eigenvalue weighted by atomic mass is 10.2. The second kappa shape index (κ2) is 7.77. The Balaban J connectivity index is 1.69. The summed E-state index contributed by atoms with van der Waals surface area (Å²) in [6.45, 7) is 0.225. The van der Waals surface area contributed by atoms with E-state index in [1.165, 1.54) is 24.3 Å². The van der Waals surface area contributed by atoms with Crippen molar-refractivity contribution in [1.82, 2.24) is 15.2 Å². The van der Waals surface area contributed by atoms with Gasteiger partial charge in [0.05, 0.1) is 10.5 Å². The van der Waals surface area contributed by atoms with Gasteiger partial charge in [0.15, 0.2) is 0 Å². The molecule has 0 unspecified atom stereocenters. The molecule has 0 aromatic heterocycles. The predicted octanol–water partition coefficient (Wildman–Crippen LogP) is 1.01. The van der Waals surface area contributed by atoms with E-state index >= 15 is 0 Å². The van der Waals surface area contributed by atoms with Gasteiger partial charge in [0.25, 0.3) is 11.8 Å². The normalized spacial score (nSPS) is 17.4. The molecule has 0 radical (unpaired) electrons. The van der Waals surface area contributed by atoms with Crippen LogP contribution in [-0.4, -0.2) is 42.2 Å². The molecule has 3 N–H and O–H groups in total. The Morgan fingerprint density at radius 1 is 1.00 bits per heavy atom. The van der Waals surface area contributed by atoms with Crippen molar-refractivity contribution in [2.45, 2.75) is 23.8 Å². The molecule has 27 heavy (non-hydrogen) atoms. The zero-order valence-corrected chi connectivity index (χ0v) is 15.1. The number of carbonyl (C=O) groups is 2. The van der Waals surface area contributed by atoms with Gasteiger partial charge in [-0.3, -0.25) is 20.4 Å². The minimum absolute atomic E-state index is 0.00187. The molecule has 1 aliphatic rings. The fraction of sp³-hybridized carbons (Fsp3) is 0.222. The Hall–Kier alpha value is -2.91. The van der Waals surface area contributed by atoms with Crippen molar-refractivity contribution in [2.24, 2.45) is 0 Å². The monoisotopic (exact) mass is 389 g/mol. The lowest BCUT2D eigenvalue weighted by Crippen LogP contribution is -2.51. The van der Waals surface area contributed by atoms with Crippen molar-refractivity contribution in [3.8, 4) is 5.75 Å².